The fourth-order valence-corrected chi connectivity index (χ4v) is 3.32. The molecule has 4 rings (SSSR count). The van der Waals surface area contributed by atoms with Crippen LogP contribution in [0.4, 0.5) is 10.1 Å². The highest BCUT2D eigenvalue weighted by Crippen LogP contribution is 2.21. The van der Waals surface area contributed by atoms with Gasteiger partial charge in [0.25, 0.3) is 5.91 Å². The Labute approximate surface area is 161 Å². The fourth-order valence-electron chi connectivity index (χ4n) is 3.19. The number of nitrogens with one attached hydrogen (secondary N) is 1. The lowest BCUT2D eigenvalue weighted by atomic mass is 10.1. The van der Waals surface area contributed by atoms with Crippen molar-refractivity contribution in [3.05, 3.63) is 71.1 Å². The van der Waals surface area contributed by atoms with Crippen molar-refractivity contribution in [2.45, 2.75) is 0 Å². The van der Waals surface area contributed by atoms with Crippen molar-refractivity contribution in [3.8, 4) is 11.3 Å². The van der Waals surface area contributed by atoms with Crippen LogP contribution in [-0.2, 0) is 0 Å². The van der Waals surface area contributed by atoms with Gasteiger partial charge in [0.15, 0.2) is 0 Å². The summed E-state index contributed by atoms with van der Waals surface area (Å²) in [5.74, 6) is -0.379. The predicted molar refractivity (Wildman–Crippen MR) is 104 cm³/mol. The third-order valence-corrected chi connectivity index (χ3v) is 4.96. The average Bonchev–Trinajstić information content (AvgIpc) is 3.19. The van der Waals surface area contributed by atoms with Gasteiger partial charge in [-0.1, -0.05) is 11.6 Å². The topological polar surface area (TPSA) is 52.2 Å². The summed E-state index contributed by atoms with van der Waals surface area (Å²) in [6.45, 7) is 2.78. The standard InChI is InChI=1S/C20H18ClFN4O/c21-15-3-7-17(8-4-15)25-9-11-26(12-10-25)20(27)19-13-18(23-24-19)14-1-5-16(22)6-2-14/h1-8,13H,9-12H2,(H,23,24). The van der Waals surface area contributed by atoms with Crippen LogP contribution in [-0.4, -0.2) is 47.2 Å². The highest BCUT2D eigenvalue weighted by Gasteiger charge is 2.23. The predicted octanol–water partition coefficient (Wildman–Crippen LogP) is 3.83. The fraction of sp³-hybridized carbons (Fsp3) is 0.200. The van der Waals surface area contributed by atoms with Gasteiger partial charge in [-0.2, -0.15) is 5.10 Å². The molecular weight excluding hydrogens is 367 g/mol. The Bertz CT molecular complexity index is 931. The van der Waals surface area contributed by atoms with Crippen LogP contribution in [0.5, 0.6) is 0 Å². The van der Waals surface area contributed by atoms with Crippen molar-refractivity contribution >= 4 is 23.2 Å². The first-order valence-corrected chi connectivity index (χ1v) is 9.09. The third-order valence-electron chi connectivity index (χ3n) is 4.71. The molecule has 1 aliphatic rings. The van der Waals surface area contributed by atoms with Crippen molar-refractivity contribution in [2.24, 2.45) is 0 Å². The smallest absolute Gasteiger partial charge is 0.272 e. The van der Waals surface area contributed by atoms with E-state index in [0.29, 0.717) is 29.5 Å². The number of hydrogen-bond acceptors (Lipinski definition) is 3. The molecule has 1 N–H and O–H groups in total. The maximum absolute atomic E-state index is 13.1. The summed E-state index contributed by atoms with van der Waals surface area (Å²) in [5.41, 5.74) is 2.93. The first-order valence-electron chi connectivity index (χ1n) is 8.71. The van der Waals surface area contributed by atoms with E-state index in [1.54, 1.807) is 18.2 Å². The van der Waals surface area contributed by atoms with Crippen molar-refractivity contribution in [1.82, 2.24) is 15.1 Å². The van der Waals surface area contributed by atoms with Crippen LogP contribution < -0.4 is 4.90 Å². The highest BCUT2D eigenvalue weighted by molar-refractivity contribution is 6.30. The minimum absolute atomic E-state index is 0.0772. The number of aromatic amines is 1. The van der Waals surface area contributed by atoms with Gasteiger partial charge in [-0.25, -0.2) is 4.39 Å². The van der Waals surface area contributed by atoms with Crippen molar-refractivity contribution in [3.63, 3.8) is 0 Å². The minimum Gasteiger partial charge on any atom is -0.368 e. The molecule has 2 heterocycles. The number of H-pyrrole nitrogens is 1. The number of benzene rings is 2. The number of carbonyl (C=O) groups is 1. The number of nitrogens with zero attached hydrogens (tertiary/aromatic N) is 3. The zero-order valence-corrected chi connectivity index (χ0v) is 15.3. The minimum atomic E-state index is -0.302. The summed E-state index contributed by atoms with van der Waals surface area (Å²) < 4.78 is 13.1. The first-order chi connectivity index (χ1) is 13.1. The van der Waals surface area contributed by atoms with Gasteiger partial charge in [-0.05, 0) is 54.6 Å². The van der Waals surface area contributed by atoms with Gasteiger partial charge in [0.2, 0.25) is 0 Å². The van der Waals surface area contributed by atoms with Crippen LogP contribution in [0.25, 0.3) is 11.3 Å². The maximum Gasteiger partial charge on any atom is 0.272 e. The van der Waals surface area contributed by atoms with E-state index in [-0.39, 0.29) is 11.7 Å². The summed E-state index contributed by atoms with van der Waals surface area (Å²) in [5, 5.41) is 7.70. The molecule has 27 heavy (non-hydrogen) atoms. The molecule has 1 fully saturated rings. The van der Waals surface area contributed by atoms with Crippen molar-refractivity contribution < 1.29 is 9.18 Å². The molecule has 1 amide bonds. The molecule has 1 saturated heterocycles. The van der Waals surface area contributed by atoms with Gasteiger partial charge in [-0.3, -0.25) is 9.89 Å². The molecule has 5 nitrogen and oxygen atoms in total. The number of anilines is 1. The molecule has 1 aromatic heterocycles. The second kappa shape index (κ2) is 7.40. The Kier molecular flexibility index (Phi) is 4.81. The van der Waals surface area contributed by atoms with E-state index in [9.17, 15) is 9.18 Å². The second-order valence-electron chi connectivity index (χ2n) is 6.43. The average molecular weight is 385 g/mol. The van der Waals surface area contributed by atoms with Crippen LogP contribution in [0.1, 0.15) is 10.5 Å². The van der Waals surface area contributed by atoms with Gasteiger partial charge in [0.1, 0.15) is 11.5 Å². The zero-order chi connectivity index (χ0) is 18.8. The molecule has 0 aliphatic carbocycles. The monoisotopic (exact) mass is 384 g/mol. The van der Waals surface area contributed by atoms with Gasteiger partial charge in [0.05, 0.1) is 5.69 Å². The number of aromatic nitrogens is 2. The molecule has 0 unspecified atom stereocenters. The van der Waals surface area contributed by atoms with Crippen LogP contribution in [0, 0.1) is 5.82 Å². The van der Waals surface area contributed by atoms with Crippen LogP contribution in [0.2, 0.25) is 5.02 Å². The molecule has 0 bridgehead atoms. The van der Waals surface area contributed by atoms with Gasteiger partial charge in [0, 0.05) is 42.5 Å². The molecule has 0 spiro atoms. The van der Waals surface area contributed by atoms with Gasteiger partial charge < -0.3 is 9.80 Å². The largest absolute Gasteiger partial charge is 0.368 e. The molecule has 1 aliphatic heterocycles. The quantitative estimate of drug-likeness (QED) is 0.746. The SMILES string of the molecule is O=C(c1cc(-c2ccc(F)cc2)n[nH]1)N1CCN(c2ccc(Cl)cc2)CC1. The Balaban J connectivity index is 1.41. The van der Waals surface area contributed by atoms with Crippen LogP contribution in [0.3, 0.4) is 0 Å². The molecular formula is C20H18ClFN4O. The van der Waals surface area contributed by atoms with Crippen molar-refractivity contribution in [1.29, 1.82) is 0 Å². The van der Waals surface area contributed by atoms with Crippen LogP contribution >= 0.6 is 11.6 Å². The summed E-state index contributed by atoms with van der Waals surface area (Å²) in [6, 6.07) is 15.5. The molecule has 7 heteroatoms. The van der Waals surface area contributed by atoms with Crippen LogP contribution in [0.15, 0.2) is 54.6 Å². The van der Waals surface area contributed by atoms with E-state index in [2.05, 4.69) is 15.1 Å². The molecule has 3 aromatic rings. The molecule has 0 atom stereocenters. The lowest BCUT2D eigenvalue weighted by Crippen LogP contribution is -2.48. The molecule has 2 aromatic carbocycles. The van der Waals surface area contributed by atoms with E-state index in [1.807, 2.05) is 29.2 Å². The molecule has 138 valence electrons. The molecule has 0 saturated carbocycles. The van der Waals surface area contributed by atoms with E-state index < -0.39 is 0 Å². The third kappa shape index (κ3) is 3.80. The number of rotatable bonds is 3. The Morgan fingerprint density at radius 1 is 1.00 bits per heavy atom. The summed E-state index contributed by atoms with van der Waals surface area (Å²) in [7, 11) is 0. The second-order valence-corrected chi connectivity index (χ2v) is 6.87. The number of piperazine rings is 1. The first kappa shape index (κ1) is 17.5. The van der Waals surface area contributed by atoms with E-state index >= 15 is 0 Å². The maximum atomic E-state index is 13.1. The Morgan fingerprint density at radius 3 is 2.33 bits per heavy atom. The van der Waals surface area contributed by atoms with E-state index in [1.165, 1.54) is 12.1 Å². The lowest BCUT2D eigenvalue weighted by molar-refractivity contribution is 0.0741. The lowest BCUT2D eigenvalue weighted by Gasteiger charge is -2.35. The number of carbonyl (C=O) groups excluding carboxylic acids is 1. The zero-order valence-electron chi connectivity index (χ0n) is 14.5. The highest BCUT2D eigenvalue weighted by atomic mass is 35.5. The number of halogens is 2. The summed E-state index contributed by atoms with van der Waals surface area (Å²) in [4.78, 5) is 16.8. The number of amides is 1. The number of hydrogen-bond donors (Lipinski definition) is 1. The van der Waals surface area contributed by atoms with Gasteiger partial charge in [-0.15, -0.1) is 0 Å². The van der Waals surface area contributed by atoms with Crippen molar-refractivity contribution in [2.75, 3.05) is 31.1 Å². The normalized spacial score (nSPS) is 14.4. The Hall–Kier alpha value is -2.86. The van der Waals surface area contributed by atoms with Gasteiger partial charge >= 0.3 is 0 Å². The Morgan fingerprint density at radius 2 is 1.67 bits per heavy atom. The summed E-state index contributed by atoms with van der Waals surface area (Å²) in [6.07, 6.45) is 0. The summed E-state index contributed by atoms with van der Waals surface area (Å²) >= 11 is 5.94. The van der Waals surface area contributed by atoms with E-state index in [4.69, 9.17) is 11.6 Å². The van der Waals surface area contributed by atoms with E-state index in [0.717, 1.165) is 24.3 Å². The molecule has 0 radical (unpaired) electrons.